The zero-order valence-electron chi connectivity index (χ0n) is 10.4. The predicted molar refractivity (Wildman–Crippen MR) is 66.3 cm³/mol. The zero-order valence-corrected chi connectivity index (χ0v) is 11.2. The Morgan fingerprint density at radius 2 is 2.18 bits per heavy atom. The van der Waals surface area contributed by atoms with Crippen molar-refractivity contribution in [3.05, 3.63) is 12.2 Å². The summed E-state index contributed by atoms with van der Waals surface area (Å²) < 4.78 is 24.4. The van der Waals surface area contributed by atoms with Crippen molar-refractivity contribution in [2.75, 3.05) is 18.1 Å². The minimum Gasteiger partial charge on any atom is -0.310 e. The standard InChI is InChI=1S/C10H20N4O2S/c1-3-11-8-10-12-9-13-14(10)6-5-7-17(15,16)4-2/h9,11H,3-8H2,1-2H3. The maximum Gasteiger partial charge on any atom is 0.150 e. The van der Waals surface area contributed by atoms with Crippen LogP contribution in [0.3, 0.4) is 0 Å². The smallest absolute Gasteiger partial charge is 0.150 e. The molecule has 1 heterocycles. The number of aromatic nitrogens is 3. The maximum absolute atomic E-state index is 11.3. The second-order valence-electron chi connectivity index (χ2n) is 3.77. The molecule has 0 radical (unpaired) electrons. The van der Waals surface area contributed by atoms with Gasteiger partial charge in [-0.2, -0.15) is 5.10 Å². The van der Waals surface area contributed by atoms with Crippen molar-refractivity contribution in [1.82, 2.24) is 20.1 Å². The molecule has 0 aliphatic heterocycles. The molecular weight excluding hydrogens is 240 g/mol. The highest BCUT2D eigenvalue weighted by Crippen LogP contribution is 1.99. The molecule has 0 unspecified atom stereocenters. The molecule has 0 aromatic carbocycles. The first-order valence-electron chi connectivity index (χ1n) is 5.87. The summed E-state index contributed by atoms with van der Waals surface area (Å²) in [5.41, 5.74) is 0. The van der Waals surface area contributed by atoms with Crippen LogP contribution in [0, 0.1) is 0 Å². The molecule has 0 saturated heterocycles. The summed E-state index contributed by atoms with van der Waals surface area (Å²) in [7, 11) is -2.88. The first-order valence-corrected chi connectivity index (χ1v) is 7.69. The van der Waals surface area contributed by atoms with Gasteiger partial charge in [0.2, 0.25) is 0 Å². The van der Waals surface area contributed by atoms with Crippen molar-refractivity contribution in [3.63, 3.8) is 0 Å². The molecule has 1 N–H and O–H groups in total. The second-order valence-corrected chi connectivity index (χ2v) is 6.24. The lowest BCUT2D eigenvalue weighted by Crippen LogP contribution is -2.18. The molecule has 1 aromatic rings. The Morgan fingerprint density at radius 3 is 2.82 bits per heavy atom. The predicted octanol–water partition coefficient (Wildman–Crippen LogP) is 0.212. The van der Waals surface area contributed by atoms with Gasteiger partial charge in [0.1, 0.15) is 22.0 Å². The van der Waals surface area contributed by atoms with E-state index in [1.807, 2.05) is 6.92 Å². The van der Waals surface area contributed by atoms with Crippen LogP contribution in [0.5, 0.6) is 0 Å². The summed E-state index contributed by atoms with van der Waals surface area (Å²) in [4.78, 5) is 4.13. The van der Waals surface area contributed by atoms with Crippen molar-refractivity contribution in [2.45, 2.75) is 33.4 Å². The van der Waals surface area contributed by atoms with Crippen molar-refractivity contribution < 1.29 is 8.42 Å². The Hall–Kier alpha value is -0.950. The average Bonchev–Trinajstić information content (AvgIpc) is 2.74. The molecule has 0 aliphatic rings. The highest BCUT2D eigenvalue weighted by molar-refractivity contribution is 7.91. The number of hydrogen-bond acceptors (Lipinski definition) is 5. The molecule has 0 saturated carbocycles. The third-order valence-electron chi connectivity index (χ3n) is 2.49. The zero-order chi connectivity index (χ0) is 12.7. The van der Waals surface area contributed by atoms with Crippen molar-refractivity contribution in [2.24, 2.45) is 0 Å². The van der Waals surface area contributed by atoms with E-state index in [1.165, 1.54) is 6.33 Å². The lowest BCUT2D eigenvalue weighted by molar-refractivity contribution is 0.540. The van der Waals surface area contributed by atoms with E-state index in [2.05, 4.69) is 15.4 Å². The Morgan fingerprint density at radius 1 is 1.41 bits per heavy atom. The van der Waals surface area contributed by atoms with E-state index >= 15 is 0 Å². The summed E-state index contributed by atoms with van der Waals surface area (Å²) in [6, 6.07) is 0. The van der Waals surface area contributed by atoms with Crippen molar-refractivity contribution >= 4 is 9.84 Å². The lowest BCUT2D eigenvalue weighted by Gasteiger charge is -2.06. The molecule has 0 aliphatic carbocycles. The molecule has 0 amide bonds. The number of nitrogens with one attached hydrogen (secondary N) is 1. The second kappa shape index (κ2) is 6.70. The molecule has 17 heavy (non-hydrogen) atoms. The first kappa shape index (κ1) is 14.1. The van der Waals surface area contributed by atoms with E-state index in [0.29, 0.717) is 19.5 Å². The highest BCUT2D eigenvalue weighted by Gasteiger charge is 2.08. The molecule has 98 valence electrons. The molecule has 0 spiro atoms. The Kier molecular flexibility index (Phi) is 5.57. The number of sulfone groups is 1. The summed E-state index contributed by atoms with van der Waals surface area (Å²) in [6.07, 6.45) is 2.08. The van der Waals surface area contributed by atoms with Crippen LogP contribution in [0.1, 0.15) is 26.1 Å². The molecule has 1 rings (SSSR count). The number of rotatable bonds is 8. The van der Waals surface area contributed by atoms with Gasteiger partial charge in [0.15, 0.2) is 0 Å². The van der Waals surface area contributed by atoms with E-state index < -0.39 is 9.84 Å². The van der Waals surface area contributed by atoms with Crippen LogP contribution in [0.25, 0.3) is 0 Å². The molecule has 0 fully saturated rings. The van der Waals surface area contributed by atoms with E-state index in [4.69, 9.17) is 0 Å². The van der Waals surface area contributed by atoms with Crippen LogP contribution < -0.4 is 5.32 Å². The van der Waals surface area contributed by atoms with Gasteiger partial charge in [0, 0.05) is 12.3 Å². The lowest BCUT2D eigenvalue weighted by atomic mass is 10.4. The minimum atomic E-state index is -2.88. The molecule has 0 bridgehead atoms. The summed E-state index contributed by atoms with van der Waals surface area (Å²) in [6.45, 7) is 5.82. The third kappa shape index (κ3) is 4.82. The van der Waals surface area contributed by atoms with Gasteiger partial charge >= 0.3 is 0 Å². The van der Waals surface area contributed by atoms with Gasteiger partial charge in [-0.05, 0) is 13.0 Å². The fourth-order valence-corrected chi connectivity index (χ4v) is 2.28. The maximum atomic E-state index is 11.3. The van der Waals surface area contributed by atoms with Crippen LogP contribution in [0.2, 0.25) is 0 Å². The van der Waals surface area contributed by atoms with Gasteiger partial charge in [-0.3, -0.25) is 0 Å². The average molecular weight is 260 g/mol. The fourth-order valence-electron chi connectivity index (χ4n) is 1.43. The van der Waals surface area contributed by atoms with E-state index in [-0.39, 0.29) is 11.5 Å². The van der Waals surface area contributed by atoms with Crippen LogP contribution >= 0.6 is 0 Å². The molecular formula is C10H20N4O2S. The van der Waals surface area contributed by atoms with E-state index in [9.17, 15) is 8.42 Å². The van der Waals surface area contributed by atoms with Gasteiger partial charge in [-0.25, -0.2) is 18.1 Å². The van der Waals surface area contributed by atoms with Crippen LogP contribution in [-0.2, 0) is 22.9 Å². The monoisotopic (exact) mass is 260 g/mol. The number of hydrogen-bond donors (Lipinski definition) is 1. The van der Waals surface area contributed by atoms with Gasteiger partial charge in [0.05, 0.1) is 12.3 Å². The van der Waals surface area contributed by atoms with Crippen LogP contribution in [0.4, 0.5) is 0 Å². The van der Waals surface area contributed by atoms with Gasteiger partial charge in [0.25, 0.3) is 0 Å². The Labute approximate surface area is 102 Å². The molecule has 0 atom stereocenters. The normalized spacial score (nSPS) is 11.9. The Balaban J connectivity index is 2.44. The van der Waals surface area contributed by atoms with Crippen LogP contribution in [-0.4, -0.2) is 41.2 Å². The highest BCUT2D eigenvalue weighted by atomic mass is 32.2. The Bertz CT molecular complexity index is 427. The molecule has 7 heteroatoms. The quantitative estimate of drug-likeness (QED) is 0.723. The largest absolute Gasteiger partial charge is 0.310 e. The first-order chi connectivity index (χ1) is 8.09. The SMILES string of the molecule is CCNCc1ncnn1CCCS(=O)(=O)CC. The summed E-state index contributed by atoms with van der Waals surface area (Å²) >= 11 is 0. The molecule has 1 aromatic heterocycles. The van der Waals surface area contributed by atoms with Gasteiger partial charge in [-0.15, -0.1) is 0 Å². The van der Waals surface area contributed by atoms with Gasteiger partial charge < -0.3 is 5.32 Å². The van der Waals surface area contributed by atoms with E-state index in [0.717, 1.165) is 12.4 Å². The fraction of sp³-hybridized carbons (Fsp3) is 0.800. The van der Waals surface area contributed by atoms with E-state index in [1.54, 1.807) is 11.6 Å². The summed E-state index contributed by atoms with van der Waals surface area (Å²) in [5, 5.41) is 7.25. The topological polar surface area (TPSA) is 76.9 Å². The van der Waals surface area contributed by atoms with Crippen molar-refractivity contribution in [3.8, 4) is 0 Å². The van der Waals surface area contributed by atoms with Crippen molar-refractivity contribution in [1.29, 1.82) is 0 Å². The van der Waals surface area contributed by atoms with Crippen LogP contribution in [0.15, 0.2) is 6.33 Å². The minimum absolute atomic E-state index is 0.203. The van der Waals surface area contributed by atoms with Gasteiger partial charge in [-0.1, -0.05) is 13.8 Å². The molecule has 6 nitrogen and oxygen atoms in total. The number of aryl methyl sites for hydroxylation is 1. The summed E-state index contributed by atoms with van der Waals surface area (Å²) in [5.74, 6) is 1.26. The number of nitrogens with zero attached hydrogens (tertiary/aromatic N) is 3. The third-order valence-corrected chi connectivity index (χ3v) is 4.28.